The Morgan fingerprint density at radius 1 is 0.893 bits per heavy atom. The molecule has 0 aromatic carbocycles. The zero-order chi connectivity index (χ0) is 21.9. The van der Waals surface area contributed by atoms with Gasteiger partial charge in [-0.3, -0.25) is 6.08 Å². The molecule has 0 aliphatic heterocycles. The van der Waals surface area contributed by atoms with Crippen LogP contribution in [0.15, 0.2) is 55.7 Å². The van der Waals surface area contributed by atoms with E-state index in [-0.39, 0.29) is 26.2 Å². The van der Waals surface area contributed by atoms with Crippen molar-refractivity contribution in [3.8, 4) is 0 Å². The Kier molecular flexibility index (Phi) is 28.4. The number of hydrogen-bond acceptors (Lipinski definition) is 3. The molecule has 0 N–H and O–H groups in total. The molecule has 0 saturated carbocycles. The third-order valence-electron chi connectivity index (χ3n) is 3.00. The maximum Gasteiger partial charge on any atom is 4.00 e. The Balaban J connectivity index is -0.000000139. The Morgan fingerprint density at radius 3 is 1.29 bits per heavy atom. The van der Waals surface area contributed by atoms with Crippen LogP contribution in [0.25, 0.3) is 0 Å². The summed E-state index contributed by atoms with van der Waals surface area (Å²) in [6.07, 6.45) is 13.9. The fourth-order valence-electron chi connectivity index (χ4n) is 1.62. The third kappa shape index (κ3) is 33.1. The van der Waals surface area contributed by atoms with E-state index in [0.29, 0.717) is 24.7 Å². The molecule has 0 aromatic heterocycles. The molecule has 0 fully saturated rings. The van der Waals surface area contributed by atoms with Crippen LogP contribution in [0.2, 0.25) is 0 Å². The van der Waals surface area contributed by atoms with Gasteiger partial charge in [-0.05, 0) is 24.7 Å². The molecule has 0 aromatic rings. The van der Waals surface area contributed by atoms with Gasteiger partial charge in [-0.2, -0.15) is 6.08 Å². The maximum atomic E-state index is 10.1. The molecule has 0 saturated heterocycles. The monoisotopic (exact) mass is 466 g/mol. The molecular weight excluding hydrogens is 427 g/mol. The molecule has 0 heterocycles. The topological polar surface area (TPSA) is 69.2 Å². The third-order valence-corrected chi connectivity index (χ3v) is 3.00. The van der Waals surface area contributed by atoms with E-state index < -0.39 is 18.3 Å². The summed E-state index contributed by atoms with van der Waals surface area (Å²) in [4.78, 5) is 0. The van der Waals surface area contributed by atoms with Crippen molar-refractivity contribution in [2.24, 2.45) is 5.41 Å². The fourth-order valence-corrected chi connectivity index (χ4v) is 1.62. The zero-order valence-corrected chi connectivity index (χ0v) is 21.3. The first-order chi connectivity index (χ1) is 12.4. The van der Waals surface area contributed by atoms with Crippen LogP contribution in [0.5, 0.6) is 0 Å². The molecule has 28 heavy (non-hydrogen) atoms. The van der Waals surface area contributed by atoms with E-state index in [1.807, 2.05) is 0 Å². The summed E-state index contributed by atoms with van der Waals surface area (Å²) in [6, 6.07) is 0. The van der Waals surface area contributed by atoms with Crippen molar-refractivity contribution in [3.05, 3.63) is 61.8 Å². The molecule has 158 valence electrons. The first-order valence-electron chi connectivity index (χ1n) is 9.50. The van der Waals surface area contributed by atoms with Crippen LogP contribution >= 0.6 is 0 Å². The summed E-state index contributed by atoms with van der Waals surface area (Å²) >= 11 is 0. The predicted octanol–water partition coefficient (Wildman–Crippen LogP) is 3.65. The molecule has 0 spiro atoms. The van der Waals surface area contributed by atoms with Gasteiger partial charge in [0.15, 0.2) is 0 Å². The smallest absolute Gasteiger partial charge is 0.852 e. The Bertz CT molecular complexity index is 394. The summed E-state index contributed by atoms with van der Waals surface area (Å²) in [5.41, 5.74) is 1.65. The molecule has 0 amide bonds. The minimum atomic E-state index is -0.470. The first kappa shape index (κ1) is 34.9. The molecule has 1 rings (SSSR count). The predicted molar refractivity (Wildman–Crippen MR) is 113 cm³/mol. The quantitative estimate of drug-likeness (QED) is 0.442. The van der Waals surface area contributed by atoms with E-state index >= 15 is 0 Å². The normalized spacial score (nSPS) is 14.7. The molecule has 4 heteroatoms. The molecular formula is C24H40O3Zr. The van der Waals surface area contributed by atoms with Crippen molar-refractivity contribution in [3.63, 3.8) is 0 Å². The molecule has 0 bridgehead atoms. The van der Waals surface area contributed by atoms with Crippen LogP contribution in [-0.4, -0.2) is 18.3 Å². The van der Waals surface area contributed by atoms with Crippen LogP contribution < -0.4 is 15.3 Å². The van der Waals surface area contributed by atoms with Gasteiger partial charge in [0.2, 0.25) is 0 Å². The summed E-state index contributed by atoms with van der Waals surface area (Å²) < 4.78 is 0. The van der Waals surface area contributed by atoms with Crippen molar-refractivity contribution in [1.82, 2.24) is 0 Å². The van der Waals surface area contributed by atoms with Crippen LogP contribution in [-0.2, 0) is 26.2 Å². The summed E-state index contributed by atoms with van der Waals surface area (Å²) in [6.45, 7) is 21.7. The molecule has 3 atom stereocenters. The van der Waals surface area contributed by atoms with Crippen LogP contribution in [0, 0.1) is 11.5 Å². The van der Waals surface area contributed by atoms with Crippen LogP contribution in [0.1, 0.15) is 67.2 Å². The van der Waals surface area contributed by atoms with Crippen molar-refractivity contribution in [2.75, 3.05) is 0 Å². The second kappa shape index (κ2) is 22.7. The minimum Gasteiger partial charge on any atom is -0.852 e. The standard InChI is InChI=1S/C9H13.3C5H9O.Zr/c1-9(2,3)8-6-4-5-7-8;3*1-3-4-5(2)6;/h4,6H,5H2,1-3H3;3*3,5H,1,4H2,2H3;/q4*-1;+4. The molecule has 0 radical (unpaired) electrons. The average molecular weight is 468 g/mol. The van der Waals surface area contributed by atoms with Crippen molar-refractivity contribution < 1.29 is 41.5 Å². The van der Waals surface area contributed by atoms with Gasteiger partial charge in [0.05, 0.1) is 0 Å². The van der Waals surface area contributed by atoms with E-state index in [1.165, 1.54) is 5.57 Å². The van der Waals surface area contributed by atoms with E-state index in [2.05, 4.69) is 58.7 Å². The fraction of sp³-hybridized carbons (Fsp3) is 0.583. The summed E-state index contributed by atoms with van der Waals surface area (Å²) in [5, 5.41) is 30.2. The van der Waals surface area contributed by atoms with Gasteiger partial charge >= 0.3 is 26.2 Å². The van der Waals surface area contributed by atoms with E-state index in [9.17, 15) is 15.3 Å². The van der Waals surface area contributed by atoms with Gasteiger partial charge < -0.3 is 15.3 Å². The molecule has 1 aliphatic rings. The van der Waals surface area contributed by atoms with Gasteiger partial charge in [-0.15, -0.1) is 44.5 Å². The Labute approximate surface area is 193 Å². The first-order valence-corrected chi connectivity index (χ1v) is 9.50. The van der Waals surface area contributed by atoms with Gasteiger partial charge in [0, 0.05) is 0 Å². The average Bonchev–Trinajstić information content (AvgIpc) is 3.03. The molecule has 1 aliphatic carbocycles. The second-order valence-electron chi connectivity index (χ2n) is 7.45. The summed E-state index contributed by atoms with van der Waals surface area (Å²) in [7, 11) is 0. The zero-order valence-electron chi connectivity index (χ0n) is 18.8. The maximum absolute atomic E-state index is 10.1. The number of rotatable bonds is 6. The SMILES string of the molecule is C=CCC(C)[O-].C=CCC(C)[O-].C=CCC(C)[O-].CC(C)(C)C1=[C-]CC=C1.[Zr+4]. The van der Waals surface area contributed by atoms with Crippen molar-refractivity contribution >= 4 is 0 Å². The van der Waals surface area contributed by atoms with Crippen molar-refractivity contribution in [2.45, 2.75) is 85.5 Å². The van der Waals surface area contributed by atoms with E-state index in [4.69, 9.17) is 0 Å². The van der Waals surface area contributed by atoms with E-state index in [1.54, 1.807) is 39.0 Å². The van der Waals surface area contributed by atoms with Gasteiger partial charge in [0.1, 0.15) is 0 Å². The molecule has 3 nitrogen and oxygen atoms in total. The largest absolute Gasteiger partial charge is 4.00 e. The minimum absolute atomic E-state index is 0. The van der Waals surface area contributed by atoms with E-state index in [0.717, 1.165) is 6.42 Å². The van der Waals surface area contributed by atoms with Crippen LogP contribution in [0.3, 0.4) is 0 Å². The number of allylic oxidation sites excluding steroid dienone is 4. The Hall–Kier alpha value is -0.537. The van der Waals surface area contributed by atoms with Gasteiger partial charge in [0.25, 0.3) is 0 Å². The Morgan fingerprint density at radius 2 is 1.21 bits per heavy atom. The van der Waals surface area contributed by atoms with Gasteiger partial charge in [-0.1, -0.05) is 59.8 Å². The van der Waals surface area contributed by atoms with Crippen LogP contribution in [0.4, 0.5) is 0 Å². The van der Waals surface area contributed by atoms with Crippen molar-refractivity contribution in [1.29, 1.82) is 0 Å². The second-order valence-corrected chi connectivity index (χ2v) is 7.45. The number of hydrogen-bond donors (Lipinski definition) is 0. The van der Waals surface area contributed by atoms with Gasteiger partial charge in [-0.25, -0.2) is 11.6 Å². The molecule has 3 unspecified atom stereocenters. The summed E-state index contributed by atoms with van der Waals surface area (Å²) in [5.74, 6) is 0.